The van der Waals surface area contributed by atoms with Crippen molar-refractivity contribution in [3.8, 4) is 0 Å². The number of nitrogens with zero attached hydrogens (tertiary/aromatic N) is 4. The molecule has 3 aliphatic rings. The molecule has 0 saturated carbocycles. The molecule has 5 rings (SSSR count). The maximum absolute atomic E-state index is 14.5. The second-order valence-corrected chi connectivity index (χ2v) is 11.1. The highest BCUT2D eigenvalue weighted by Crippen LogP contribution is 2.43. The minimum absolute atomic E-state index is 0.0230. The van der Waals surface area contributed by atoms with Crippen LogP contribution in [-0.2, 0) is 4.79 Å². The Bertz CT molecular complexity index is 1110. The first-order valence-electron chi connectivity index (χ1n) is 12.7. The third-order valence-corrected chi connectivity index (χ3v) is 8.05. The molecule has 2 aromatic rings. The van der Waals surface area contributed by atoms with Gasteiger partial charge in [-0.3, -0.25) is 4.79 Å². The zero-order valence-electron chi connectivity index (χ0n) is 21.1. The highest BCUT2D eigenvalue weighted by atomic mass is 19.1. The molecule has 1 aromatic heterocycles. The van der Waals surface area contributed by atoms with E-state index in [4.69, 9.17) is 0 Å². The van der Waals surface area contributed by atoms with Gasteiger partial charge in [0.05, 0.1) is 17.7 Å². The molecular weight excluding hydrogens is 445 g/mol. The van der Waals surface area contributed by atoms with Gasteiger partial charge < -0.3 is 20.2 Å². The third-order valence-electron chi connectivity index (χ3n) is 8.05. The molecule has 2 N–H and O–H groups in total. The lowest BCUT2D eigenvalue weighted by atomic mass is 9.88. The number of amides is 1. The van der Waals surface area contributed by atoms with Gasteiger partial charge in [0, 0.05) is 43.3 Å². The van der Waals surface area contributed by atoms with Crippen molar-refractivity contribution in [2.75, 3.05) is 31.1 Å². The number of halogens is 1. The molecule has 1 aliphatic carbocycles. The third kappa shape index (κ3) is 4.54. The van der Waals surface area contributed by atoms with E-state index in [1.54, 1.807) is 13.0 Å². The number of carbonyl (C=O) groups excluding carboxylic acids is 1. The van der Waals surface area contributed by atoms with Crippen LogP contribution in [-0.4, -0.2) is 63.6 Å². The van der Waals surface area contributed by atoms with Crippen molar-refractivity contribution in [1.29, 1.82) is 0 Å². The number of aliphatic hydroxyl groups is 1. The molecule has 2 fully saturated rings. The summed E-state index contributed by atoms with van der Waals surface area (Å²) in [4.78, 5) is 26.9. The molecule has 8 heteroatoms. The molecule has 1 aromatic carbocycles. The maximum atomic E-state index is 14.5. The van der Waals surface area contributed by atoms with Gasteiger partial charge in [0.1, 0.15) is 18.0 Å². The largest absolute Gasteiger partial charge is 0.387 e. The second-order valence-electron chi connectivity index (χ2n) is 11.1. The lowest BCUT2D eigenvalue weighted by Gasteiger charge is -2.39. The van der Waals surface area contributed by atoms with Crippen LogP contribution in [0, 0.1) is 12.7 Å². The zero-order chi connectivity index (χ0) is 24.9. The Morgan fingerprint density at radius 3 is 2.63 bits per heavy atom. The number of fused-ring (bicyclic) bond motifs is 1. The van der Waals surface area contributed by atoms with Crippen LogP contribution in [0.3, 0.4) is 0 Å². The number of benzene rings is 1. The van der Waals surface area contributed by atoms with Gasteiger partial charge in [-0.15, -0.1) is 0 Å². The standard InChI is InChI=1S/C27H36FN5O2/c1-16-5-6-18(14-19(16)28)23(20-7-8-27(3,4)31-20)26(35)33-11-9-32(10-12-33)25-22-17(2)13-21(34)24(22)29-15-30-25/h5-6,14-15,17,20-21,23,31,34H,7-13H2,1-4H3/t17-,20+,21+,23+/m1/s1. The van der Waals surface area contributed by atoms with Crippen molar-refractivity contribution >= 4 is 11.7 Å². The summed E-state index contributed by atoms with van der Waals surface area (Å²) < 4.78 is 14.5. The topological polar surface area (TPSA) is 81.6 Å². The molecule has 2 saturated heterocycles. The number of hydrogen-bond acceptors (Lipinski definition) is 6. The summed E-state index contributed by atoms with van der Waals surface area (Å²) in [6.45, 7) is 10.6. The molecule has 7 nitrogen and oxygen atoms in total. The quantitative estimate of drug-likeness (QED) is 0.697. The van der Waals surface area contributed by atoms with Crippen molar-refractivity contribution in [3.05, 3.63) is 52.7 Å². The fraction of sp³-hybridized carbons (Fsp3) is 0.593. The van der Waals surface area contributed by atoms with E-state index >= 15 is 0 Å². The van der Waals surface area contributed by atoms with Gasteiger partial charge in [0.25, 0.3) is 0 Å². The van der Waals surface area contributed by atoms with Crippen LogP contribution < -0.4 is 10.2 Å². The Morgan fingerprint density at radius 2 is 1.97 bits per heavy atom. The van der Waals surface area contributed by atoms with Crippen LogP contribution in [0.1, 0.15) is 80.4 Å². The van der Waals surface area contributed by atoms with Gasteiger partial charge in [-0.1, -0.05) is 19.1 Å². The highest BCUT2D eigenvalue weighted by Gasteiger charge is 2.41. The van der Waals surface area contributed by atoms with E-state index in [9.17, 15) is 14.3 Å². The molecule has 0 radical (unpaired) electrons. The summed E-state index contributed by atoms with van der Waals surface area (Å²) in [5.41, 5.74) is 3.06. The SMILES string of the molecule is Cc1ccc([C@H](C(=O)N2CCN(c3ncnc4c3[C@H](C)C[C@@H]4O)CC2)[C@@H]2CCC(C)(C)N2)cc1F. The van der Waals surface area contributed by atoms with Crippen molar-refractivity contribution < 1.29 is 14.3 Å². The summed E-state index contributed by atoms with van der Waals surface area (Å²) in [5, 5.41) is 14.0. The van der Waals surface area contributed by atoms with Crippen LogP contribution in [0.4, 0.5) is 10.2 Å². The van der Waals surface area contributed by atoms with Gasteiger partial charge in [-0.05, 0) is 63.1 Å². The Balaban J connectivity index is 1.35. The van der Waals surface area contributed by atoms with Crippen molar-refractivity contribution in [2.45, 2.75) is 76.5 Å². The lowest BCUT2D eigenvalue weighted by molar-refractivity contribution is -0.133. The van der Waals surface area contributed by atoms with Gasteiger partial charge in [0.15, 0.2) is 0 Å². The molecule has 188 valence electrons. The molecule has 0 unspecified atom stereocenters. The number of aromatic nitrogens is 2. The molecule has 2 aliphatic heterocycles. The molecule has 3 heterocycles. The smallest absolute Gasteiger partial charge is 0.231 e. The van der Waals surface area contributed by atoms with E-state index in [2.05, 4.69) is 41.0 Å². The predicted octanol–water partition coefficient (Wildman–Crippen LogP) is 3.43. The van der Waals surface area contributed by atoms with Crippen molar-refractivity contribution in [1.82, 2.24) is 20.2 Å². The van der Waals surface area contributed by atoms with Crippen molar-refractivity contribution in [3.63, 3.8) is 0 Å². The van der Waals surface area contributed by atoms with E-state index in [-0.39, 0.29) is 29.2 Å². The molecule has 1 amide bonds. The second kappa shape index (κ2) is 9.13. The Labute approximate surface area is 206 Å². The van der Waals surface area contributed by atoms with E-state index in [1.807, 2.05) is 11.0 Å². The summed E-state index contributed by atoms with van der Waals surface area (Å²) in [5.74, 6) is 0.448. The van der Waals surface area contributed by atoms with E-state index < -0.39 is 12.0 Å². The van der Waals surface area contributed by atoms with Crippen LogP contribution in [0.25, 0.3) is 0 Å². The summed E-state index contributed by atoms with van der Waals surface area (Å²) in [6.07, 6.45) is 3.52. The first-order chi connectivity index (χ1) is 16.6. The van der Waals surface area contributed by atoms with Gasteiger partial charge in [0.2, 0.25) is 5.91 Å². The summed E-state index contributed by atoms with van der Waals surface area (Å²) in [6, 6.07) is 5.19. The number of anilines is 1. The molecule has 0 bridgehead atoms. The number of nitrogens with one attached hydrogen (secondary N) is 1. The predicted molar refractivity (Wildman–Crippen MR) is 133 cm³/mol. The number of hydrogen-bond donors (Lipinski definition) is 2. The molecule has 0 spiro atoms. The molecule has 4 atom stereocenters. The average molecular weight is 482 g/mol. The monoisotopic (exact) mass is 481 g/mol. The number of rotatable bonds is 4. The fourth-order valence-corrected chi connectivity index (χ4v) is 6.05. The number of piperazine rings is 1. The van der Waals surface area contributed by atoms with Crippen molar-refractivity contribution in [2.24, 2.45) is 0 Å². The first kappa shape index (κ1) is 24.1. The van der Waals surface area contributed by atoms with E-state index in [1.165, 1.54) is 12.4 Å². The summed E-state index contributed by atoms with van der Waals surface area (Å²) in [7, 11) is 0. The van der Waals surface area contributed by atoms with Crippen LogP contribution >= 0.6 is 0 Å². The van der Waals surface area contributed by atoms with Gasteiger partial charge in [-0.25, -0.2) is 14.4 Å². The van der Waals surface area contributed by atoms with E-state index in [0.29, 0.717) is 38.2 Å². The minimum atomic E-state index is -0.538. The number of aryl methyl sites for hydroxylation is 1. The average Bonchev–Trinajstić information content (AvgIpc) is 3.34. The van der Waals surface area contributed by atoms with Crippen LogP contribution in [0.15, 0.2) is 24.5 Å². The first-order valence-corrected chi connectivity index (χ1v) is 12.7. The van der Waals surface area contributed by atoms with E-state index in [0.717, 1.165) is 35.5 Å². The highest BCUT2D eigenvalue weighted by molar-refractivity contribution is 5.85. The molecule has 35 heavy (non-hydrogen) atoms. The minimum Gasteiger partial charge on any atom is -0.387 e. The Kier molecular flexibility index (Phi) is 6.30. The van der Waals surface area contributed by atoms with Gasteiger partial charge in [-0.2, -0.15) is 0 Å². The number of carbonyl (C=O) groups is 1. The Morgan fingerprint density at radius 1 is 1.23 bits per heavy atom. The van der Waals surface area contributed by atoms with Gasteiger partial charge >= 0.3 is 0 Å². The summed E-state index contributed by atoms with van der Waals surface area (Å²) >= 11 is 0. The number of aliphatic hydroxyl groups excluding tert-OH is 1. The zero-order valence-corrected chi connectivity index (χ0v) is 21.1. The lowest BCUT2D eigenvalue weighted by Crippen LogP contribution is -2.53. The molecular formula is C27H36FN5O2. The normalized spacial score (nSPS) is 26.6. The Hall–Kier alpha value is -2.58. The fourth-order valence-electron chi connectivity index (χ4n) is 6.05. The van der Waals surface area contributed by atoms with Crippen LogP contribution in [0.2, 0.25) is 0 Å². The maximum Gasteiger partial charge on any atom is 0.231 e. The van der Waals surface area contributed by atoms with Crippen LogP contribution in [0.5, 0.6) is 0 Å².